The van der Waals surface area contributed by atoms with Crippen LogP contribution in [0.3, 0.4) is 0 Å². The summed E-state index contributed by atoms with van der Waals surface area (Å²) in [6, 6.07) is 16.1. The SMILES string of the molecule is CC(=O)NCc1ccc(C(=O)NC(C)c2ccc(C#N)cc2)cc1. The van der Waals surface area contributed by atoms with Crippen LogP contribution in [0, 0.1) is 11.3 Å². The van der Waals surface area contributed by atoms with Crippen molar-refractivity contribution >= 4 is 11.8 Å². The maximum absolute atomic E-state index is 12.3. The van der Waals surface area contributed by atoms with Gasteiger partial charge >= 0.3 is 0 Å². The summed E-state index contributed by atoms with van der Waals surface area (Å²) < 4.78 is 0. The summed E-state index contributed by atoms with van der Waals surface area (Å²) in [6.45, 7) is 3.80. The van der Waals surface area contributed by atoms with Crippen molar-refractivity contribution in [1.29, 1.82) is 5.26 Å². The Kier molecular flexibility index (Phi) is 5.69. The van der Waals surface area contributed by atoms with E-state index in [9.17, 15) is 9.59 Å². The Morgan fingerprint density at radius 3 is 2.25 bits per heavy atom. The molecule has 2 rings (SSSR count). The molecule has 0 heterocycles. The van der Waals surface area contributed by atoms with Crippen molar-refractivity contribution < 1.29 is 9.59 Å². The largest absolute Gasteiger partial charge is 0.352 e. The first-order chi connectivity index (χ1) is 11.5. The molecule has 0 spiro atoms. The number of carbonyl (C=O) groups is 2. The lowest BCUT2D eigenvalue weighted by molar-refractivity contribution is -0.119. The van der Waals surface area contributed by atoms with Gasteiger partial charge in [0.15, 0.2) is 0 Å². The van der Waals surface area contributed by atoms with Crippen molar-refractivity contribution in [3.05, 3.63) is 70.8 Å². The van der Waals surface area contributed by atoms with Crippen molar-refractivity contribution in [2.24, 2.45) is 0 Å². The fourth-order valence-corrected chi connectivity index (χ4v) is 2.21. The van der Waals surface area contributed by atoms with Gasteiger partial charge in [0.25, 0.3) is 5.91 Å². The molecule has 0 bridgehead atoms. The predicted molar refractivity (Wildman–Crippen MR) is 91.0 cm³/mol. The Balaban J connectivity index is 1.98. The van der Waals surface area contributed by atoms with Crippen LogP contribution in [0.25, 0.3) is 0 Å². The van der Waals surface area contributed by atoms with E-state index < -0.39 is 0 Å². The summed E-state index contributed by atoms with van der Waals surface area (Å²) >= 11 is 0. The van der Waals surface area contributed by atoms with E-state index in [1.807, 2.05) is 31.2 Å². The Morgan fingerprint density at radius 2 is 1.71 bits per heavy atom. The molecule has 5 nitrogen and oxygen atoms in total. The van der Waals surface area contributed by atoms with Crippen LogP contribution in [0.4, 0.5) is 0 Å². The Hall–Kier alpha value is -3.13. The smallest absolute Gasteiger partial charge is 0.251 e. The third-order valence-corrected chi connectivity index (χ3v) is 3.64. The molecule has 2 aromatic rings. The molecule has 122 valence electrons. The van der Waals surface area contributed by atoms with Gasteiger partial charge < -0.3 is 10.6 Å². The second kappa shape index (κ2) is 7.93. The molecule has 5 heteroatoms. The van der Waals surface area contributed by atoms with Gasteiger partial charge in [-0.25, -0.2) is 0 Å². The normalized spacial score (nSPS) is 11.2. The van der Waals surface area contributed by atoms with E-state index in [1.54, 1.807) is 24.3 Å². The highest BCUT2D eigenvalue weighted by molar-refractivity contribution is 5.94. The van der Waals surface area contributed by atoms with E-state index in [0.29, 0.717) is 17.7 Å². The lowest BCUT2D eigenvalue weighted by Gasteiger charge is -2.14. The van der Waals surface area contributed by atoms with Crippen molar-refractivity contribution in [2.45, 2.75) is 26.4 Å². The van der Waals surface area contributed by atoms with E-state index in [4.69, 9.17) is 5.26 Å². The van der Waals surface area contributed by atoms with Crippen LogP contribution in [0.1, 0.15) is 46.9 Å². The molecule has 0 aliphatic heterocycles. The van der Waals surface area contributed by atoms with Gasteiger partial charge in [-0.05, 0) is 42.3 Å². The molecule has 0 fully saturated rings. The van der Waals surface area contributed by atoms with Crippen LogP contribution in [-0.2, 0) is 11.3 Å². The van der Waals surface area contributed by atoms with Crippen LogP contribution in [0.15, 0.2) is 48.5 Å². The molecule has 24 heavy (non-hydrogen) atoms. The quantitative estimate of drug-likeness (QED) is 0.888. The summed E-state index contributed by atoms with van der Waals surface area (Å²) in [5, 5.41) is 14.4. The molecular formula is C19H19N3O2. The summed E-state index contributed by atoms with van der Waals surface area (Å²) in [6.07, 6.45) is 0. The number of nitriles is 1. The van der Waals surface area contributed by atoms with Crippen LogP contribution >= 0.6 is 0 Å². The van der Waals surface area contributed by atoms with Crippen LogP contribution < -0.4 is 10.6 Å². The highest BCUT2D eigenvalue weighted by Gasteiger charge is 2.11. The van der Waals surface area contributed by atoms with Crippen LogP contribution in [0.5, 0.6) is 0 Å². The summed E-state index contributed by atoms with van der Waals surface area (Å²) in [5.41, 5.74) is 3.01. The Bertz CT molecular complexity index is 759. The predicted octanol–water partition coefficient (Wildman–Crippen LogP) is 2.69. The molecule has 0 aliphatic carbocycles. The van der Waals surface area contributed by atoms with Gasteiger partial charge in [0, 0.05) is 19.0 Å². The zero-order valence-corrected chi connectivity index (χ0v) is 13.7. The highest BCUT2D eigenvalue weighted by atomic mass is 16.2. The van der Waals surface area contributed by atoms with Gasteiger partial charge in [0.2, 0.25) is 5.91 Å². The molecule has 0 aromatic heterocycles. The first-order valence-corrected chi connectivity index (χ1v) is 7.64. The monoisotopic (exact) mass is 321 g/mol. The van der Waals surface area contributed by atoms with Crippen molar-refractivity contribution in [3.63, 3.8) is 0 Å². The molecule has 1 unspecified atom stereocenters. The number of amides is 2. The van der Waals surface area contributed by atoms with E-state index in [2.05, 4.69) is 16.7 Å². The van der Waals surface area contributed by atoms with Gasteiger partial charge in [0.05, 0.1) is 17.7 Å². The number of nitrogens with zero attached hydrogens (tertiary/aromatic N) is 1. The molecule has 2 N–H and O–H groups in total. The molecule has 0 saturated carbocycles. The fraction of sp³-hybridized carbons (Fsp3) is 0.211. The maximum Gasteiger partial charge on any atom is 0.251 e. The molecule has 1 atom stereocenters. The van der Waals surface area contributed by atoms with Gasteiger partial charge in [-0.3, -0.25) is 9.59 Å². The van der Waals surface area contributed by atoms with E-state index >= 15 is 0 Å². The molecule has 2 aromatic carbocycles. The second-order valence-electron chi connectivity index (χ2n) is 5.54. The van der Waals surface area contributed by atoms with Crippen LogP contribution in [-0.4, -0.2) is 11.8 Å². The van der Waals surface area contributed by atoms with E-state index in [1.165, 1.54) is 6.92 Å². The minimum Gasteiger partial charge on any atom is -0.352 e. The first-order valence-electron chi connectivity index (χ1n) is 7.64. The lowest BCUT2D eigenvalue weighted by Crippen LogP contribution is -2.26. The minimum atomic E-state index is -0.169. The number of rotatable bonds is 5. The second-order valence-corrected chi connectivity index (χ2v) is 5.54. The summed E-state index contributed by atoms with van der Waals surface area (Å²) in [5.74, 6) is -0.258. The molecule has 0 saturated heterocycles. The fourth-order valence-electron chi connectivity index (χ4n) is 2.21. The van der Waals surface area contributed by atoms with Crippen molar-refractivity contribution in [3.8, 4) is 6.07 Å². The molecule has 0 aliphatic rings. The standard InChI is InChI=1S/C19H19N3O2/c1-13(17-7-3-15(11-20)4-8-17)22-19(24)18-9-5-16(6-10-18)12-21-14(2)23/h3-10,13H,12H2,1-2H3,(H,21,23)(H,22,24). The summed E-state index contributed by atoms with van der Waals surface area (Å²) in [7, 11) is 0. The molecule has 2 amide bonds. The third kappa shape index (κ3) is 4.68. The zero-order valence-electron chi connectivity index (χ0n) is 13.7. The van der Waals surface area contributed by atoms with E-state index in [0.717, 1.165) is 11.1 Å². The number of carbonyl (C=O) groups excluding carboxylic acids is 2. The zero-order chi connectivity index (χ0) is 17.5. The maximum atomic E-state index is 12.3. The first kappa shape index (κ1) is 17.2. The molecular weight excluding hydrogens is 302 g/mol. The summed E-state index contributed by atoms with van der Waals surface area (Å²) in [4.78, 5) is 23.2. The van der Waals surface area contributed by atoms with Crippen LogP contribution in [0.2, 0.25) is 0 Å². The minimum absolute atomic E-state index is 0.0898. The topological polar surface area (TPSA) is 82.0 Å². The lowest BCUT2D eigenvalue weighted by atomic mass is 10.1. The Labute approximate surface area is 141 Å². The molecule has 0 radical (unpaired) electrons. The van der Waals surface area contributed by atoms with Gasteiger partial charge in [-0.2, -0.15) is 5.26 Å². The average Bonchev–Trinajstić information content (AvgIpc) is 2.60. The number of benzene rings is 2. The van der Waals surface area contributed by atoms with Crippen molar-refractivity contribution in [2.75, 3.05) is 0 Å². The number of hydrogen-bond donors (Lipinski definition) is 2. The average molecular weight is 321 g/mol. The van der Waals surface area contributed by atoms with E-state index in [-0.39, 0.29) is 17.9 Å². The van der Waals surface area contributed by atoms with Gasteiger partial charge in [0.1, 0.15) is 0 Å². The van der Waals surface area contributed by atoms with Crippen molar-refractivity contribution in [1.82, 2.24) is 10.6 Å². The van der Waals surface area contributed by atoms with Gasteiger partial charge in [-0.1, -0.05) is 24.3 Å². The number of nitrogens with one attached hydrogen (secondary N) is 2. The van der Waals surface area contributed by atoms with Gasteiger partial charge in [-0.15, -0.1) is 0 Å². The highest BCUT2D eigenvalue weighted by Crippen LogP contribution is 2.14. The third-order valence-electron chi connectivity index (χ3n) is 3.64. The Morgan fingerprint density at radius 1 is 1.08 bits per heavy atom. The number of hydrogen-bond acceptors (Lipinski definition) is 3.